The first-order valence-corrected chi connectivity index (χ1v) is 12.6. The number of hydrogen-bond donors (Lipinski definition) is 0. The van der Waals surface area contributed by atoms with Gasteiger partial charge < -0.3 is 14.5 Å². The summed E-state index contributed by atoms with van der Waals surface area (Å²) in [5, 5.41) is 0. The van der Waals surface area contributed by atoms with Crippen LogP contribution in [0.4, 0.5) is 0 Å². The first-order chi connectivity index (χ1) is 15.0. The lowest BCUT2D eigenvalue weighted by atomic mass is 10.0. The van der Waals surface area contributed by atoms with Crippen LogP contribution in [-0.4, -0.2) is 79.6 Å². The molecule has 0 aromatic heterocycles. The highest BCUT2D eigenvalue weighted by Gasteiger charge is 2.24. The van der Waals surface area contributed by atoms with Crippen LogP contribution in [0.1, 0.15) is 46.0 Å². The smallest absolute Gasteiger partial charge is 0.221 e. The Bertz CT molecular complexity index is 736. The van der Waals surface area contributed by atoms with Crippen LogP contribution in [0.2, 0.25) is 0 Å². The molecule has 0 aromatic carbocycles. The fourth-order valence-corrected chi connectivity index (χ4v) is 4.66. The number of ether oxygens (including phenoxy) is 1. The Morgan fingerprint density at radius 1 is 1.32 bits per heavy atom. The second-order valence-corrected chi connectivity index (χ2v) is 10.1. The maximum Gasteiger partial charge on any atom is 0.221 e. The molecule has 0 saturated carbocycles. The molecular weight excluding hydrogens is 403 g/mol. The zero-order chi connectivity index (χ0) is 22.2. The van der Waals surface area contributed by atoms with Gasteiger partial charge in [-0.2, -0.15) is 0 Å². The third-order valence-electron chi connectivity index (χ3n) is 6.63. The largest absolute Gasteiger partial charge is 0.373 e. The van der Waals surface area contributed by atoms with Gasteiger partial charge in [0, 0.05) is 33.3 Å². The maximum absolute atomic E-state index is 5.79. The zero-order valence-corrected chi connectivity index (χ0v) is 20.9. The van der Waals surface area contributed by atoms with Crippen molar-refractivity contribution in [2.75, 3.05) is 46.4 Å². The molecule has 5 nitrogen and oxygen atoms in total. The van der Waals surface area contributed by atoms with Gasteiger partial charge in [0.25, 0.3) is 0 Å². The predicted molar refractivity (Wildman–Crippen MR) is 136 cm³/mol. The van der Waals surface area contributed by atoms with Crippen molar-refractivity contribution in [2.24, 2.45) is 15.9 Å². The standard InChI is InChI=1S/C25H41N4OP/c1-5-19(2)17-26-25(29-15-11-22(31)18-29)27-23-16-21(10-14-28-12-6-7-13-28)24(30-4)9-8-20(23)3/h8-9,16,19,22,24H,3,5-7,10-15,17-18,31H2,1-2,4H3/t19-,22?,24?/m0/s1. The minimum Gasteiger partial charge on any atom is -0.373 e. The van der Waals surface area contributed by atoms with E-state index in [1.54, 1.807) is 7.11 Å². The van der Waals surface area contributed by atoms with Crippen LogP contribution in [0.3, 0.4) is 0 Å². The van der Waals surface area contributed by atoms with Gasteiger partial charge in [0.2, 0.25) is 5.96 Å². The number of guanidine groups is 1. The molecule has 0 amide bonds. The molecule has 3 aliphatic rings. The van der Waals surface area contributed by atoms with E-state index < -0.39 is 0 Å². The van der Waals surface area contributed by atoms with Gasteiger partial charge in [-0.05, 0) is 67.6 Å². The van der Waals surface area contributed by atoms with Crippen LogP contribution in [0.15, 0.2) is 45.9 Å². The summed E-state index contributed by atoms with van der Waals surface area (Å²) in [6.07, 6.45) is 12.3. The number of rotatable bonds is 7. The molecule has 0 bridgehead atoms. The summed E-state index contributed by atoms with van der Waals surface area (Å²) in [6, 6.07) is 0. The van der Waals surface area contributed by atoms with Crippen LogP contribution in [-0.2, 0) is 4.74 Å². The van der Waals surface area contributed by atoms with E-state index in [9.17, 15) is 0 Å². The number of nitrogens with zero attached hydrogens (tertiary/aromatic N) is 4. The van der Waals surface area contributed by atoms with Crippen LogP contribution in [0, 0.1) is 5.92 Å². The summed E-state index contributed by atoms with van der Waals surface area (Å²) in [6.45, 7) is 15.1. The van der Waals surface area contributed by atoms with Gasteiger partial charge in [0.05, 0.1) is 11.8 Å². The first kappa shape index (κ1) is 24.4. The molecule has 3 rings (SSSR count). The fraction of sp³-hybridized carbons (Fsp3) is 0.680. The molecule has 2 saturated heterocycles. The highest BCUT2D eigenvalue weighted by atomic mass is 31.0. The van der Waals surface area contributed by atoms with Crippen molar-refractivity contribution in [3.63, 3.8) is 0 Å². The molecule has 2 fully saturated rings. The average molecular weight is 445 g/mol. The highest BCUT2D eigenvalue weighted by Crippen LogP contribution is 2.22. The molecule has 172 valence electrons. The molecule has 0 radical (unpaired) electrons. The average Bonchev–Trinajstić information content (AvgIpc) is 3.42. The number of aliphatic imine (C=N–C) groups is 2. The van der Waals surface area contributed by atoms with Gasteiger partial charge in [-0.1, -0.05) is 39.0 Å². The van der Waals surface area contributed by atoms with Crippen molar-refractivity contribution >= 4 is 20.9 Å². The Balaban J connectivity index is 1.86. The lowest BCUT2D eigenvalue weighted by Gasteiger charge is -2.20. The summed E-state index contributed by atoms with van der Waals surface area (Å²) >= 11 is 0. The zero-order valence-electron chi connectivity index (χ0n) is 19.7. The number of likely N-dealkylation sites (tertiary alicyclic amines) is 2. The van der Waals surface area contributed by atoms with Gasteiger partial charge in [0.15, 0.2) is 0 Å². The van der Waals surface area contributed by atoms with Gasteiger partial charge in [-0.15, -0.1) is 9.24 Å². The van der Waals surface area contributed by atoms with E-state index in [0.29, 0.717) is 11.6 Å². The van der Waals surface area contributed by atoms with E-state index in [1.165, 1.54) is 37.9 Å². The predicted octanol–water partition coefficient (Wildman–Crippen LogP) is 4.33. The third-order valence-corrected chi connectivity index (χ3v) is 7.17. The highest BCUT2D eigenvalue weighted by molar-refractivity contribution is 7.17. The molecule has 2 aliphatic heterocycles. The molecule has 1 aliphatic carbocycles. The van der Waals surface area contributed by atoms with E-state index >= 15 is 0 Å². The Kier molecular flexibility index (Phi) is 9.49. The van der Waals surface area contributed by atoms with Crippen molar-refractivity contribution in [2.45, 2.75) is 57.7 Å². The maximum atomic E-state index is 5.79. The monoisotopic (exact) mass is 444 g/mol. The summed E-state index contributed by atoms with van der Waals surface area (Å²) in [5.74, 6) is 1.42. The molecule has 0 aromatic rings. The molecule has 4 atom stereocenters. The molecule has 3 unspecified atom stereocenters. The van der Waals surface area contributed by atoms with Gasteiger partial charge >= 0.3 is 0 Å². The quantitative estimate of drug-likeness (QED) is 0.333. The molecule has 0 spiro atoms. The van der Waals surface area contributed by atoms with E-state index in [1.807, 2.05) is 0 Å². The van der Waals surface area contributed by atoms with Crippen molar-refractivity contribution in [3.8, 4) is 0 Å². The van der Waals surface area contributed by atoms with Crippen molar-refractivity contribution in [1.29, 1.82) is 0 Å². The summed E-state index contributed by atoms with van der Waals surface area (Å²) < 4.78 is 5.79. The third kappa shape index (κ3) is 7.10. The van der Waals surface area contributed by atoms with Gasteiger partial charge in [-0.25, -0.2) is 4.99 Å². The minimum absolute atomic E-state index is 0.0178. The van der Waals surface area contributed by atoms with Gasteiger partial charge in [0.1, 0.15) is 0 Å². The second-order valence-electron chi connectivity index (χ2n) is 9.20. The van der Waals surface area contributed by atoms with E-state index in [-0.39, 0.29) is 6.10 Å². The van der Waals surface area contributed by atoms with Crippen LogP contribution in [0.5, 0.6) is 0 Å². The second kappa shape index (κ2) is 12.1. The Morgan fingerprint density at radius 2 is 2.10 bits per heavy atom. The molecule has 6 heteroatoms. The molecular formula is C25H41N4OP. The van der Waals surface area contributed by atoms with Crippen molar-refractivity contribution in [3.05, 3.63) is 36.0 Å². The van der Waals surface area contributed by atoms with E-state index in [4.69, 9.17) is 14.7 Å². The summed E-state index contributed by atoms with van der Waals surface area (Å²) in [4.78, 5) is 14.9. The lowest BCUT2D eigenvalue weighted by molar-refractivity contribution is 0.163. The Hall–Kier alpha value is -1.29. The number of methoxy groups -OCH3 is 1. The number of hydrogen-bond acceptors (Lipinski definition) is 3. The topological polar surface area (TPSA) is 40.4 Å². The Labute approximate surface area is 191 Å². The normalized spacial score (nSPS) is 27.8. The molecule has 2 heterocycles. The van der Waals surface area contributed by atoms with Crippen LogP contribution < -0.4 is 0 Å². The molecule has 31 heavy (non-hydrogen) atoms. The SMILES string of the molecule is C=C1C=CC(OC)C(CCN2CCCC2)=CC1=NC(=NC[C@@H](C)CC)N1CCC(P)C1. The van der Waals surface area contributed by atoms with Crippen molar-refractivity contribution in [1.82, 2.24) is 9.80 Å². The van der Waals surface area contributed by atoms with Crippen molar-refractivity contribution < 1.29 is 4.74 Å². The Morgan fingerprint density at radius 3 is 2.74 bits per heavy atom. The first-order valence-electron chi connectivity index (χ1n) is 12.0. The van der Waals surface area contributed by atoms with E-state index in [0.717, 1.165) is 56.3 Å². The fourth-order valence-electron chi connectivity index (χ4n) is 4.25. The minimum atomic E-state index is -0.0178. The van der Waals surface area contributed by atoms with E-state index in [2.05, 4.69) is 57.7 Å². The summed E-state index contributed by atoms with van der Waals surface area (Å²) in [5.41, 5.74) is 3.73. The van der Waals surface area contributed by atoms with Crippen LogP contribution >= 0.6 is 9.24 Å². The molecule has 0 N–H and O–H groups in total. The van der Waals surface area contributed by atoms with Crippen LogP contribution in [0.25, 0.3) is 0 Å². The van der Waals surface area contributed by atoms with Gasteiger partial charge in [-0.3, -0.25) is 4.99 Å². The number of allylic oxidation sites excluding steroid dienone is 3. The summed E-state index contributed by atoms with van der Waals surface area (Å²) in [7, 11) is 4.74. The lowest BCUT2D eigenvalue weighted by Crippen LogP contribution is -2.29.